The van der Waals surface area contributed by atoms with Crippen molar-refractivity contribution >= 4 is 23.1 Å². The van der Waals surface area contributed by atoms with Gasteiger partial charge in [-0.1, -0.05) is 12.1 Å². The summed E-state index contributed by atoms with van der Waals surface area (Å²) in [6, 6.07) is 16.2. The Morgan fingerprint density at radius 2 is 1.71 bits per heavy atom. The number of anilines is 1. The van der Waals surface area contributed by atoms with Gasteiger partial charge in [0.1, 0.15) is 23.3 Å². The molecule has 2 heterocycles. The number of amides is 1. The zero-order valence-corrected chi connectivity index (χ0v) is 17.3. The molecule has 3 aromatic rings. The van der Waals surface area contributed by atoms with E-state index in [-0.39, 0.29) is 11.3 Å². The molecular weight excluding hydrogens is 392 g/mol. The fourth-order valence-corrected chi connectivity index (χ4v) is 3.71. The lowest BCUT2D eigenvalue weighted by atomic mass is 9.97. The second-order valence-corrected chi connectivity index (χ2v) is 7.58. The maximum Gasteiger partial charge on any atom is 0.300 e. The van der Waals surface area contributed by atoms with Gasteiger partial charge in [-0.15, -0.1) is 0 Å². The Hall–Kier alpha value is -4.11. The normalized spacial score (nSPS) is 17.7. The van der Waals surface area contributed by atoms with E-state index in [2.05, 4.69) is 0 Å². The minimum absolute atomic E-state index is 0.0352. The molecule has 1 aliphatic heterocycles. The Balaban J connectivity index is 1.93. The van der Waals surface area contributed by atoms with Gasteiger partial charge in [0.15, 0.2) is 0 Å². The molecule has 1 aliphatic rings. The summed E-state index contributed by atoms with van der Waals surface area (Å²) in [5.74, 6) is -0.831. The maximum absolute atomic E-state index is 13.1. The average Bonchev–Trinajstić information content (AvgIpc) is 3.30. The van der Waals surface area contributed by atoms with Crippen LogP contribution in [0.3, 0.4) is 0 Å². The van der Waals surface area contributed by atoms with Crippen molar-refractivity contribution in [3.63, 3.8) is 0 Å². The van der Waals surface area contributed by atoms with E-state index in [0.717, 1.165) is 11.1 Å². The van der Waals surface area contributed by atoms with Crippen LogP contribution in [0.15, 0.2) is 64.6 Å². The number of ketones is 1. The van der Waals surface area contributed by atoms with E-state index in [4.69, 9.17) is 9.68 Å². The summed E-state index contributed by atoms with van der Waals surface area (Å²) in [4.78, 5) is 27.4. The van der Waals surface area contributed by atoms with Crippen molar-refractivity contribution in [3.05, 3.63) is 93.9 Å². The third-order valence-corrected chi connectivity index (χ3v) is 5.53. The second kappa shape index (κ2) is 7.62. The van der Waals surface area contributed by atoms with Gasteiger partial charge >= 0.3 is 0 Å². The predicted molar refractivity (Wildman–Crippen MR) is 115 cm³/mol. The minimum atomic E-state index is -0.928. The summed E-state index contributed by atoms with van der Waals surface area (Å²) in [5.41, 5.74) is 3.28. The van der Waals surface area contributed by atoms with E-state index >= 15 is 0 Å². The van der Waals surface area contributed by atoms with Crippen LogP contribution in [0.4, 0.5) is 5.69 Å². The molecular formula is C25H20N2O4. The smallest absolute Gasteiger partial charge is 0.300 e. The van der Waals surface area contributed by atoms with Gasteiger partial charge in [-0.25, -0.2) is 0 Å². The van der Waals surface area contributed by atoms with Crippen LogP contribution in [0, 0.1) is 32.1 Å². The van der Waals surface area contributed by atoms with Crippen molar-refractivity contribution in [2.24, 2.45) is 0 Å². The summed E-state index contributed by atoms with van der Waals surface area (Å²) in [5, 5.41) is 20.2. The summed E-state index contributed by atoms with van der Waals surface area (Å²) in [6.07, 6.45) is 0. The number of rotatable bonds is 3. The Bertz CT molecular complexity index is 1280. The molecule has 1 unspecified atom stereocenters. The zero-order chi connectivity index (χ0) is 22.3. The predicted octanol–water partition coefficient (Wildman–Crippen LogP) is 4.70. The number of carbonyl (C=O) groups is 2. The number of aryl methyl sites for hydroxylation is 3. The number of benzene rings is 2. The van der Waals surface area contributed by atoms with Crippen LogP contribution in [0.2, 0.25) is 0 Å². The summed E-state index contributed by atoms with van der Waals surface area (Å²) in [6.45, 7) is 5.63. The van der Waals surface area contributed by atoms with Gasteiger partial charge in [-0.2, -0.15) is 5.26 Å². The first-order chi connectivity index (χ1) is 14.8. The molecule has 1 amide bonds. The molecule has 31 heavy (non-hydrogen) atoms. The number of carbonyl (C=O) groups excluding carboxylic acids is 2. The summed E-state index contributed by atoms with van der Waals surface area (Å²) >= 11 is 0. The Morgan fingerprint density at radius 3 is 2.29 bits per heavy atom. The maximum atomic E-state index is 13.1. The van der Waals surface area contributed by atoms with E-state index < -0.39 is 17.7 Å². The highest BCUT2D eigenvalue weighted by Crippen LogP contribution is 2.42. The van der Waals surface area contributed by atoms with Crippen molar-refractivity contribution in [1.82, 2.24) is 0 Å². The first-order valence-electron chi connectivity index (χ1n) is 9.77. The SMILES string of the molecule is Cc1ccc(C2/C(=C(/O)c3ccc(C)c(C)c3)C(=O)C(=O)N2c2ccc(C#N)cc2)o1. The van der Waals surface area contributed by atoms with E-state index in [9.17, 15) is 14.7 Å². The molecule has 1 N–H and O–H groups in total. The number of aliphatic hydroxyl groups is 1. The highest BCUT2D eigenvalue weighted by atomic mass is 16.3. The fourth-order valence-electron chi connectivity index (χ4n) is 3.71. The number of hydrogen-bond acceptors (Lipinski definition) is 5. The number of nitrogens with zero attached hydrogens (tertiary/aromatic N) is 2. The van der Waals surface area contributed by atoms with Crippen LogP contribution in [0.1, 0.15) is 39.8 Å². The fraction of sp³-hybridized carbons (Fsp3) is 0.160. The van der Waals surface area contributed by atoms with Gasteiger partial charge in [0.25, 0.3) is 11.7 Å². The van der Waals surface area contributed by atoms with Crippen LogP contribution in [0.5, 0.6) is 0 Å². The first-order valence-corrected chi connectivity index (χ1v) is 9.77. The molecule has 154 valence electrons. The molecule has 1 saturated heterocycles. The molecule has 6 heteroatoms. The number of hydrogen-bond donors (Lipinski definition) is 1. The molecule has 1 aromatic heterocycles. The van der Waals surface area contributed by atoms with Crippen LogP contribution >= 0.6 is 0 Å². The van der Waals surface area contributed by atoms with Crippen molar-refractivity contribution < 1.29 is 19.1 Å². The number of nitriles is 1. The van der Waals surface area contributed by atoms with Crippen molar-refractivity contribution in [2.75, 3.05) is 4.90 Å². The molecule has 4 rings (SSSR count). The van der Waals surface area contributed by atoms with E-state index in [1.54, 1.807) is 55.5 Å². The van der Waals surface area contributed by atoms with Gasteiger partial charge in [0.05, 0.1) is 17.2 Å². The third-order valence-electron chi connectivity index (χ3n) is 5.53. The molecule has 6 nitrogen and oxygen atoms in total. The molecule has 0 bridgehead atoms. The van der Waals surface area contributed by atoms with Crippen LogP contribution in [-0.4, -0.2) is 16.8 Å². The molecule has 0 spiro atoms. The molecule has 0 aliphatic carbocycles. The van der Waals surface area contributed by atoms with Crippen molar-refractivity contribution in [1.29, 1.82) is 5.26 Å². The number of furan rings is 1. The molecule has 2 aromatic carbocycles. The van der Waals surface area contributed by atoms with E-state index in [1.165, 1.54) is 4.90 Å². The lowest BCUT2D eigenvalue weighted by molar-refractivity contribution is -0.132. The third kappa shape index (κ3) is 3.40. The average molecular weight is 412 g/mol. The standard InChI is InChI=1S/C25H20N2O4/c1-14-4-8-18(12-15(14)2)23(28)21-22(20-11-5-16(3)31-20)27(25(30)24(21)29)19-9-6-17(13-26)7-10-19/h4-12,22,28H,1-3H3/b23-21-. The summed E-state index contributed by atoms with van der Waals surface area (Å²) in [7, 11) is 0. The van der Waals surface area contributed by atoms with Gasteiger partial charge in [0, 0.05) is 11.3 Å². The van der Waals surface area contributed by atoms with Crippen LogP contribution < -0.4 is 4.90 Å². The highest BCUT2D eigenvalue weighted by Gasteiger charge is 2.48. The van der Waals surface area contributed by atoms with Gasteiger partial charge < -0.3 is 9.52 Å². The lowest BCUT2D eigenvalue weighted by Crippen LogP contribution is -2.29. The Kier molecular flexibility index (Phi) is 4.96. The highest BCUT2D eigenvalue weighted by molar-refractivity contribution is 6.51. The van der Waals surface area contributed by atoms with Crippen molar-refractivity contribution in [3.8, 4) is 6.07 Å². The van der Waals surface area contributed by atoms with E-state index in [1.807, 2.05) is 26.0 Å². The molecule has 1 fully saturated rings. The largest absolute Gasteiger partial charge is 0.507 e. The number of aliphatic hydroxyl groups excluding tert-OH is 1. The molecule has 1 atom stereocenters. The van der Waals surface area contributed by atoms with E-state index in [0.29, 0.717) is 28.3 Å². The number of Topliss-reactive ketones (excluding diaryl/α,β-unsaturated/α-hetero) is 1. The lowest BCUT2D eigenvalue weighted by Gasteiger charge is -2.23. The second-order valence-electron chi connectivity index (χ2n) is 7.58. The van der Waals surface area contributed by atoms with Crippen LogP contribution in [-0.2, 0) is 9.59 Å². The summed E-state index contributed by atoms with van der Waals surface area (Å²) < 4.78 is 5.78. The quantitative estimate of drug-likeness (QED) is 0.382. The topological polar surface area (TPSA) is 94.5 Å². The monoisotopic (exact) mass is 412 g/mol. The van der Waals surface area contributed by atoms with Gasteiger partial charge in [0.2, 0.25) is 0 Å². The molecule has 0 saturated carbocycles. The van der Waals surface area contributed by atoms with Gasteiger partial charge in [-0.05, 0) is 74.4 Å². The van der Waals surface area contributed by atoms with Crippen molar-refractivity contribution in [2.45, 2.75) is 26.8 Å². The van der Waals surface area contributed by atoms with Gasteiger partial charge in [-0.3, -0.25) is 14.5 Å². The van der Waals surface area contributed by atoms with Crippen LogP contribution in [0.25, 0.3) is 5.76 Å². The molecule has 0 radical (unpaired) electrons. The Labute approximate surface area is 179 Å². The first kappa shape index (κ1) is 20.2. The minimum Gasteiger partial charge on any atom is -0.507 e. The zero-order valence-electron chi connectivity index (χ0n) is 17.3. The Morgan fingerprint density at radius 1 is 1.00 bits per heavy atom.